The summed E-state index contributed by atoms with van der Waals surface area (Å²) in [5.41, 5.74) is 0. The summed E-state index contributed by atoms with van der Waals surface area (Å²) in [7, 11) is 0. The van der Waals surface area contributed by atoms with Gasteiger partial charge in [-0.3, -0.25) is 0 Å². The van der Waals surface area contributed by atoms with Gasteiger partial charge in [0.1, 0.15) is 0 Å². The quantitative estimate of drug-likeness (QED) is 0.928. The maximum Gasteiger partial charge on any atom is 0.452 e. The zero-order valence-corrected chi connectivity index (χ0v) is 11.8. The maximum atomic E-state index is 12.6. The monoisotopic (exact) mass is 306 g/mol. The van der Waals surface area contributed by atoms with Crippen molar-refractivity contribution in [3.8, 4) is 0 Å². The van der Waals surface area contributed by atoms with Crippen LogP contribution in [-0.4, -0.2) is 34.5 Å². The highest BCUT2D eigenvalue weighted by molar-refractivity contribution is 7.09. The third kappa shape index (κ3) is 3.22. The number of rotatable bonds is 4. The largest absolute Gasteiger partial charge is 0.452 e. The van der Waals surface area contributed by atoms with E-state index in [1.54, 1.807) is 0 Å². The van der Waals surface area contributed by atoms with Gasteiger partial charge in [0.15, 0.2) is 0 Å². The van der Waals surface area contributed by atoms with Gasteiger partial charge in [0.2, 0.25) is 11.0 Å². The summed E-state index contributed by atoms with van der Waals surface area (Å²) in [4.78, 5) is 5.67. The molecule has 3 rings (SSSR count). The second-order valence-electron chi connectivity index (χ2n) is 5.42. The normalized spacial score (nSPS) is 24.1. The minimum atomic E-state index is -4.45. The first-order valence-corrected chi connectivity index (χ1v) is 7.72. The summed E-state index contributed by atoms with van der Waals surface area (Å²) < 4.78 is 41.2. The topological polar surface area (TPSA) is 41.1 Å². The first kappa shape index (κ1) is 14.1. The highest BCUT2D eigenvalue weighted by atomic mass is 32.1. The third-order valence-electron chi connectivity index (χ3n) is 3.76. The molecule has 1 N–H and O–H groups in total. The van der Waals surface area contributed by atoms with Crippen LogP contribution in [0.3, 0.4) is 0 Å². The van der Waals surface area contributed by atoms with Crippen LogP contribution < -0.4 is 10.2 Å². The standard InChI is InChI=1S/C12H17F3N4S/c13-12(14,15)10-17-11(20-18-10)19-6-2-1-3-9(19)7-16-8-4-5-8/h8-9,16H,1-7H2. The van der Waals surface area contributed by atoms with Crippen LogP contribution in [0, 0.1) is 0 Å². The van der Waals surface area contributed by atoms with Crippen molar-refractivity contribution in [2.24, 2.45) is 0 Å². The molecule has 0 aromatic carbocycles. The number of halogens is 3. The lowest BCUT2D eigenvalue weighted by Gasteiger charge is -2.35. The van der Waals surface area contributed by atoms with Crippen LogP contribution in [0.1, 0.15) is 37.9 Å². The molecule has 1 aliphatic heterocycles. The molecule has 0 radical (unpaired) electrons. The van der Waals surface area contributed by atoms with Crippen LogP contribution in [0.4, 0.5) is 18.3 Å². The van der Waals surface area contributed by atoms with E-state index < -0.39 is 12.0 Å². The van der Waals surface area contributed by atoms with E-state index in [1.807, 2.05) is 4.90 Å². The molecular weight excluding hydrogens is 289 g/mol. The van der Waals surface area contributed by atoms with Gasteiger partial charge in [0.25, 0.3) is 0 Å². The summed E-state index contributed by atoms with van der Waals surface area (Å²) in [6, 6.07) is 0.845. The van der Waals surface area contributed by atoms with E-state index in [2.05, 4.69) is 14.7 Å². The van der Waals surface area contributed by atoms with Gasteiger partial charge in [-0.1, -0.05) is 0 Å². The average molecular weight is 306 g/mol. The van der Waals surface area contributed by atoms with E-state index in [9.17, 15) is 13.2 Å². The van der Waals surface area contributed by atoms with E-state index in [-0.39, 0.29) is 6.04 Å². The smallest absolute Gasteiger partial charge is 0.343 e. The second kappa shape index (κ2) is 5.48. The molecule has 1 aliphatic carbocycles. The lowest BCUT2D eigenvalue weighted by Crippen LogP contribution is -2.46. The molecule has 1 atom stereocenters. The molecule has 8 heteroatoms. The Kier molecular flexibility index (Phi) is 3.85. The molecule has 20 heavy (non-hydrogen) atoms. The van der Waals surface area contributed by atoms with Crippen LogP contribution in [0.5, 0.6) is 0 Å². The predicted octanol–water partition coefficient (Wildman–Crippen LogP) is 2.67. The van der Waals surface area contributed by atoms with E-state index in [1.165, 1.54) is 12.8 Å². The fourth-order valence-electron chi connectivity index (χ4n) is 2.50. The summed E-state index contributed by atoms with van der Waals surface area (Å²) in [6.07, 6.45) is 1.10. The van der Waals surface area contributed by atoms with E-state index in [0.717, 1.165) is 43.9 Å². The van der Waals surface area contributed by atoms with Gasteiger partial charge >= 0.3 is 6.18 Å². The summed E-state index contributed by atoms with van der Waals surface area (Å²) in [6.45, 7) is 1.59. The van der Waals surface area contributed by atoms with Crippen LogP contribution in [0.15, 0.2) is 0 Å². The molecule has 1 aromatic heterocycles. The zero-order valence-electron chi connectivity index (χ0n) is 11.0. The molecular formula is C12H17F3N4S. The van der Waals surface area contributed by atoms with Crippen molar-refractivity contribution in [3.05, 3.63) is 5.82 Å². The summed E-state index contributed by atoms with van der Waals surface area (Å²) in [5, 5.41) is 3.86. The molecule has 4 nitrogen and oxygen atoms in total. The molecule has 1 unspecified atom stereocenters. The van der Waals surface area contributed by atoms with Crippen molar-refractivity contribution in [2.75, 3.05) is 18.0 Å². The Bertz CT molecular complexity index is 458. The number of nitrogens with one attached hydrogen (secondary N) is 1. The highest BCUT2D eigenvalue weighted by Crippen LogP contribution is 2.32. The maximum absolute atomic E-state index is 12.6. The molecule has 2 aliphatic rings. The van der Waals surface area contributed by atoms with E-state index in [4.69, 9.17) is 0 Å². The molecule has 112 valence electrons. The third-order valence-corrected chi connectivity index (χ3v) is 4.51. The lowest BCUT2D eigenvalue weighted by atomic mass is 10.0. The Labute approximate surface area is 119 Å². The van der Waals surface area contributed by atoms with Crippen LogP contribution in [-0.2, 0) is 6.18 Å². The van der Waals surface area contributed by atoms with E-state index >= 15 is 0 Å². The number of anilines is 1. The van der Waals surface area contributed by atoms with E-state index in [0.29, 0.717) is 11.2 Å². The minimum absolute atomic E-state index is 0.235. The number of alkyl halides is 3. The van der Waals surface area contributed by atoms with Crippen molar-refractivity contribution in [1.82, 2.24) is 14.7 Å². The highest BCUT2D eigenvalue weighted by Gasteiger charge is 2.37. The molecule has 1 aromatic rings. The van der Waals surface area contributed by atoms with Gasteiger partial charge in [-0.15, -0.1) is 0 Å². The van der Waals surface area contributed by atoms with Gasteiger partial charge in [0, 0.05) is 36.7 Å². The number of nitrogens with zero attached hydrogens (tertiary/aromatic N) is 3. The Hall–Kier alpha value is -0.890. The van der Waals surface area contributed by atoms with Gasteiger partial charge in [0.05, 0.1) is 0 Å². The Morgan fingerprint density at radius 2 is 2.05 bits per heavy atom. The Balaban J connectivity index is 1.69. The summed E-state index contributed by atoms with van der Waals surface area (Å²) >= 11 is 0.854. The molecule has 0 bridgehead atoms. The van der Waals surface area contributed by atoms with Crippen LogP contribution in [0.2, 0.25) is 0 Å². The SMILES string of the molecule is FC(F)(F)c1nsc(N2CCCCC2CNC2CC2)n1. The molecule has 1 saturated carbocycles. The predicted molar refractivity (Wildman–Crippen MR) is 70.9 cm³/mol. The van der Waals surface area contributed by atoms with Crippen LogP contribution in [0.25, 0.3) is 0 Å². The number of aromatic nitrogens is 2. The Morgan fingerprint density at radius 1 is 1.25 bits per heavy atom. The van der Waals surface area contributed by atoms with Crippen molar-refractivity contribution >= 4 is 16.7 Å². The fraction of sp³-hybridized carbons (Fsp3) is 0.833. The van der Waals surface area contributed by atoms with Gasteiger partial charge in [-0.2, -0.15) is 22.5 Å². The number of piperidine rings is 1. The molecule has 2 fully saturated rings. The molecule has 1 saturated heterocycles. The van der Waals surface area contributed by atoms with Gasteiger partial charge < -0.3 is 10.2 Å². The van der Waals surface area contributed by atoms with Crippen LogP contribution >= 0.6 is 11.5 Å². The number of hydrogen-bond acceptors (Lipinski definition) is 5. The fourth-order valence-corrected chi connectivity index (χ4v) is 3.29. The lowest BCUT2D eigenvalue weighted by molar-refractivity contribution is -0.144. The van der Waals surface area contributed by atoms with Gasteiger partial charge in [-0.25, -0.2) is 0 Å². The second-order valence-corrected chi connectivity index (χ2v) is 6.15. The number of hydrogen-bond donors (Lipinski definition) is 1. The molecule has 0 amide bonds. The minimum Gasteiger partial charge on any atom is -0.343 e. The van der Waals surface area contributed by atoms with Gasteiger partial charge in [-0.05, 0) is 32.1 Å². The van der Waals surface area contributed by atoms with Crippen molar-refractivity contribution in [3.63, 3.8) is 0 Å². The van der Waals surface area contributed by atoms with Crippen molar-refractivity contribution in [1.29, 1.82) is 0 Å². The molecule has 2 heterocycles. The zero-order chi connectivity index (χ0) is 14.2. The first-order chi connectivity index (χ1) is 9.54. The van der Waals surface area contributed by atoms with Crippen molar-refractivity contribution in [2.45, 2.75) is 50.4 Å². The molecule has 0 spiro atoms. The Morgan fingerprint density at radius 3 is 2.70 bits per heavy atom. The average Bonchev–Trinajstić information content (AvgIpc) is 3.09. The first-order valence-electron chi connectivity index (χ1n) is 6.95. The summed E-state index contributed by atoms with van der Waals surface area (Å²) in [5.74, 6) is -1.02. The van der Waals surface area contributed by atoms with Crippen molar-refractivity contribution < 1.29 is 13.2 Å².